The van der Waals surface area contributed by atoms with E-state index in [1.54, 1.807) is 6.92 Å². The summed E-state index contributed by atoms with van der Waals surface area (Å²) in [6.45, 7) is 2.39. The minimum atomic E-state index is -0.598. The van der Waals surface area contributed by atoms with Gasteiger partial charge in [0, 0.05) is 31.3 Å². The number of esters is 1. The highest BCUT2D eigenvalue weighted by atomic mass is 35.5. The topological polar surface area (TPSA) is 93.7 Å². The van der Waals surface area contributed by atoms with E-state index >= 15 is 0 Å². The second kappa shape index (κ2) is 8.04. The molecule has 0 aliphatic rings. The smallest absolute Gasteiger partial charge is 0.350 e. The molecule has 0 radical (unpaired) electrons. The first kappa shape index (κ1) is 17.4. The van der Waals surface area contributed by atoms with Gasteiger partial charge in [0.25, 0.3) is 0 Å². The molecule has 0 saturated heterocycles. The Morgan fingerprint density at radius 2 is 2.13 bits per heavy atom. The monoisotopic (exact) mass is 358 g/mol. The van der Waals surface area contributed by atoms with Crippen LogP contribution in [0.5, 0.6) is 0 Å². The van der Waals surface area contributed by atoms with E-state index in [-0.39, 0.29) is 30.3 Å². The highest BCUT2D eigenvalue weighted by molar-refractivity contribution is 7.21. The Kier molecular flexibility index (Phi) is 6.08. The van der Waals surface area contributed by atoms with Gasteiger partial charge >= 0.3 is 12.0 Å². The van der Waals surface area contributed by atoms with E-state index in [1.165, 1.54) is 19.5 Å². The predicted molar refractivity (Wildman–Crippen MR) is 86.8 cm³/mol. The highest BCUT2D eigenvalue weighted by Gasteiger charge is 2.24. The van der Waals surface area contributed by atoms with Gasteiger partial charge < -0.3 is 14.8 Å². The molecule has 2 aromatic rings. The molecular formula is C13H15ClN4O4S. The molecule has 2 heterocycles. The van der Waals surface area contributed by atoms with E-state index in [9.17, 15) is 9.59 Å². The van der Waals surface area contributed by atoms with Crippen LogP contribution in [0.15, 0.2) is 12.4 Å². The van der Waals surface area contributed by atoms with E-state index < -0.39 is 12.0 Å². The third-order valence-corrected chi connectivity index (χ3v) is 4.12. The Morgan fingerprint density at radius 3 is 2.83 bits per heavy atom. The lowest BCUT2D eigenvalue weighted by Gasteiger charge is -2.14. The molecule has 2 aromatic heterocycles. The summed E-state index contributed by atoms with van der Waals surface area (Å²) in [6.07, 6.45) is 2.98. The van der Waals surface area contributed by atoms with Crippen molar-refractivity contribution in [2.45, 2.75) is 6.92 Å². The molecule has 2 amide bonds. The van der Waals surface area contributed by atoms with Gasteiger partial charge in [0.15, 0.2) is 0 Å². The fourth-order valence-electron chi connectivity index (χ4n) is 1.72. The lowest BCUT2D eigenvalue weighted by Crippen LogP contribution is -2.30. The van der Waals surface area contributed by atoms with Gasteiger partial charge in [0.2, 0.25) is 0 Å². The van der Waals surface area contributed by atoms with E-state index in [0.717, 1.165) is 15.8 Å². The number of hydrogen-bond acceptors (Lipinski definition) is 7. The number of aromatic nitrogens is 2. The number of amides is 2. The number of anilines is 1. The molecule has 8 nitrogen and oxygen atoms in total. The summed E-state index contributed by atoms with van der Waals surface area (Å²) in [5.74, 6) is -0.550. The van der Waals surface area contributed by atoms with Crippen molar-refractivity contribution in [2.24, 2.45) is 0 Å². The van der Waals surface area contributed by atoms with E-state index in [0.29, 0.717) is 10.3 Å². The fourth-order valence-corrected chi connectivity index (χ4v) is 2.79. The Hall–Kier alpha value is -1.97. The molecule has 1 N–H and O–H groups in total. The van der Waals surface area contributed by atoms with Gasteiger partial charge in [0.05, 0.1) is 25.4 Å². The van der Waals surface area contributed by atoms with Crippen molar-refractivity contribution < 1.29 is 19.1 Å². The van der Waals surface area contributed by atoms with E-state index in [2.05, 4.69) is 15.3 Å². The lowest BCUT2D eigenvalue weighted by molar-refractivity contribution is 0.0533. The van der Waals surface area contributed by atoms with Crippen LogP contribution in [0.3, 0.4) is 0 Å². The zero-order valence-corrected chi connectivity index (χ0v) is 14.1. The number of nitrogens with zero attached hydrogens (tertiary/aromatic N) is 3. The highest BCUT2D eigenvalue weighted by Crippen LogP contribution is 2.33. The molecule has 124 valence electrons. The quantitative estimate of drug-likeness (QED) is 0.630. The van der Waals surface area contributed by atoms with Gasteiger partial charge in [-0.2, -0.15) is 0 Å². The summed E-state index contributed by atoms with van der Waals surface area (Å²) < 4.78 is 10.8. The van der Waals surface area contributed by atoms with Crippen LogP contribution in [0.4, 0.5) is 10.5 Å². The number of hydrogen-bond donors (Lipinski definition) is 1. The Balaban J connectivity index is 2.32. The van der Waals surface area contributed by atoms with Crippen LogP contribution < -0.4 is 5.32 Å². The Bertz CT molecular complexity index is 708. The number of urea groups is 1. The Morgan fingerprint density at radius 1 is 1.39 bits per heavy atom. The maximum absolute atomic E-state index is 12.1. The summed E-state index contributed by atoms with van der Waals surface area (Å²) in [4.78, 5) is 33.2. The molecule has 0 aromatic carbocycles. The summed E-state index contributed by atoms with van der Waals surface area (Å²) in [7, 11) is 1.50. The zero-order valence-electron chi connectivity index (χ0n) is 12.5. The summed E-state index contributed by atoms with van der Waals surface area (Å²) in [6, 6.07) is -0.598. The SMILES string of the molecule is CCOC(=O)c1sc2nccnc2c1NC(=O)N(Cl)CCOC. The van der Waals surface area contributed by atoms with Crippen LogP contribution >= 0.6 is 23.1 Å². The number of carbonyl (C=O) groups is 2. The fraction of sp³-hybridized carbons (Fsp3) is 0.385. The number of ether oxygens (including phenoxy) is 2. The van der Waals surface area contributed by atoms with Crippen molar-refractivity contribution in [2.75, 3.05) is 32.2 Å². The molecular weight excluding hydrogens is 344 g/mol. The average Bonchev–Trinajstić information content (AvgIpc) is 2.91. The number of fused-ring (bicyclic) bond motifs is 1. The van der Waals surface area contributed by atoms with E-state index in [1.807, 2.05) is 0 Å². The lowest BCUT2D eigenvalue weighted by atomic mass is 10.3. The number of carbonyl (C=O) groups excluding carboxylic acids is 2. The molecule has 0 bridgehead atoms. The van der Waals surface area contributed by atoms with Gasteiger partial charge in [-0.15, -0.1) is 11.3 Å². The summed E-state index contributed by atoms with van der Waals surface area (Å²) >= 11 is 6.96. The number of thiophene rings is 1. The molecule has 10 heteroatoms. The second-order valence-corrected chi connectivity index (χ2v) is 5.65. The third kappa shape index (κ3) is 4.06. The molecule has 0 aliphatic heterocycles. The summed E-state index contributed by atoms with van der Waals surface area (Å²) in [5, 5.41) is 2.59. The van der Waals surface area contributed by atoms with Crippen LogP contribution in [0.2, 0.25) is 0 Å². The van der Waals surface area contributed by atoms with Gasteiger partial charge in [-0.1, -0.05) is 0 Å². The Labute approximate surface area is 141 Å². The molecule has 2 rings (SSSR count). The molecule has 23 heavy (non-hydrogen) atoms. The zero-order chi connectivity index (χ0) is 16.8. The third-order valence-electron chi connectivity index (χ3n) is 2.73. The van der Waals surface area contributed by atoms with Crippen molar-refractivity contribution >= 4 is 51.1 Å². The van der Waals surface area contributed by atoms with Crippen molar-refractivity contribution in [3.8, 4) is 0 Å². The minimum Gasteiger partial charge on any atom is -0.462 e. The van der Waals surface area contributed by atoms with Crippen molar-refractivity contribution in [1.29, 1.82) is 0 Å². The summed E-state index contributed by atoms with van der Waals surface area (Å²) in [5.41, 5.74) is 0.648. The number of rotatable bonds is 6. The standard InChI is InChI=1S/C13H15ClN4O4S/c1-3-22-12(19)10-8(9-11(23-10)16-5-4-15-9)17-13(20)18(14)6-7-21-2/h4-5H,3,6-7H2,1-2H3,(H,17,20). The molecule has 0 saturated carbocycles. The minimum absolute atomic E-state index is 0.187. The van der Waals surface area contributed by atoms with Crippen LogP contribution in [0.1, 0.15) is 16.6 Å². The van der Waals surface area contributed by atoms with Crippen LogP contribution in [-0.4, -0.2) is 53.3 Å². The van der Waals surface area contributed by atoms with Gasteiger partial charge in [-0.05, 0) is 6.92 Å². The number of nitrogens with one attached hydrogen (secondary N) is 1. The van der Waals surface area contributed by atoms with Crippen LogP contribution in [0.25, 0.3) is 10.3 Å². The maximum atomic E-state index is 12.1. The molecule has 0 atom stereocenters. The first-order valence-electron chi connectivity index (χ1n) is 6.72. The molecule has 0 unspecified atom stereocenters. The number of halogens is 1. The van der Waals surface area contributed by atoms with Gasteiger partial charge in [-0.3, -0.25) is 0 Å². The largest absolute Gasteiger partial charge is 0.462 e. The van der Waals surface area contributed by atoms with Gasteiger partial charge in [0.1, 0.15) is 15.2 Å². The van der Waals surface area contributed by atoms with Crippen molar-refractivity contribution in [1.82, 2.24) is 14.4 Å². The first-order valence-corrected chi connectivity index (χ1v) is 7.87. The average molecular weight is 359 g/mol. The van der Waals surface area contributed by atoms with Gasteiger partial charge in [-0.25, -0.2) is 24.0 Å². The normalized spacial score (nSPS) is 10.6. The van der Waals surface area contributed by atoms with E-state index in [4.69, 9.17) is 21.3 Å². The molecule has 0 aliphatic carbocycles. The molecule has 0 spiro atoms. The van der Waals surface area contributed by atoms with Crippen LogP contribution in [0, 0.1) is 0 Å². The first-order chi connectivity index (χ1) is 11.1. The maximum Gasteiger partial charge on any atom is 0.350 e. The van der Waals surface area contributed by atoms with Crippen molar-refractivity contribution in [3.63, 3.8) is 0 Å². The van der Waals surface area contributed by atoms with Crippen molar-refractivity contribution in [3.05, 3.63) is 17.3 Å². The number of methoxy groups -OCH3 is 1. The predicted octanol–water partition coefficient (Wildman–Crippen LogP) is 2.50. The second-order valence-electron chi connectivity index (χ2n) is 4.25. The molecule has 0 fully saturated rings. The van der Waals surface area contributed by atoms with Crippen LogP contribution in [-0.2, 0) is 9.47 Å².